The Bertz CT molecular complexity index is 908. The van der Waals surface area contributed by atoms with Crippen molar-refractivity contribution in [2.45, 2.75) is 25.1 Å². The molecule has 0 saturated carbocycles. The van der Waals surface area contributed by atoms with Gasteiger partial charge in [-0.05, 0) is 12.8 Å². The van der Waals surface area contributed by atoms with Crippen LogP contribution in [0.15, 0.2) is 37.2 Å². The van der Waals surface area contributed by atoms with Crippen LogP contribution < -0.4 is 10.2 Å². The number of alkyl halides is 3. The minimum absolute atomic E-state index is 0.0447. The van der Waals surface area contributed by atoms with Gasteiger partial charge >= 0.3 is 6.18 Å². The molecular formula is C16H16F3N7. The molecule has 0 aromatic carbocycles. The van der Waals surface area contributed by atoms with Crippen LogP contribution in [-0.2, 0) is 6.18 Å². The molecule has 4 heterocycles. The van der Waals surface area contributed by atoms with Crippen molar-refractivity contribution in [1.29, 1.82) is 0 Å². The summed E-state index contributed by atoms with van der Waals surface area (Å²) in [6.45, 7) is 1.42. The highest BCUT2D eigenvalue weighted by molar-refractivity contribution is 5.64. The van der Waals surface area contributed by atoms with Crippen molar-refractivity contribution in [3.05, 3.63) is 42.9 Å². The van der Waals surface area contributed by atoms with E-state index in [2.05, 4.69) is 30.2 Å². The Morgan fingerprint density at radius 3 is 2.69 bits per heavy atom. The molecule has 26 heavy (non-hydrogen) atoms. The molecule has 3 aromatic heterocycles. The lowest BCUT2D eigenvalue weighted by atomic mass is 10.1. The largest absolute Gasteiger partial charge is 0.433 e. The van der Waals surface area contributed by atoms with E-state index in [1.54, 1.807) is 12.4 Å². The van der Waals surface area contributed by atoms with E-state index in [4.69, 9.17) is 0 Å². The Labute approximate surface area is 146 Å². The number of aromatic nitrogens is 5. The van der Waals surface area contributed by atoms with E-state index in [1.165, 1.54) is 0 Å². The Morgan fingerprint density at radius 1 is 1.08 bits per heavy atom. The van der Waals surface area contributed by atoms with Crippen LogP contribution in [0.2, 0.25) is 0 Å². The molecule has 1 aliphatic heterocycles. The van der Waals surface area contributed by atoms with E-state index in [1.807, 2.05) is 16.8 Å². The van der Waals surface area contributed by atoms with Crippen LogP contribution in [0, 0.1) is 0 Å². The van der Waals surface area contributed by atoms with Gasteiger partial charge in [0.2, 0.25) is 0 Å². The van der Waals surface area contributed by atoms with Gasteiger partial charge in [0.1, 0.15) is 17.8 Å². The molecule has 10 heteroatoms. The van der Waals surface area contributed by atoms with Gasteiger partial charge in [-0.25, -0.2) is 19.9 Å². The lowest BCUT2D eigenvalue weighted by Crippen LogP contribution is -2.43. The Morgan fingerprint density at radius 2 is 1.88 bits per heavy atom. The normalized spacial score (nSPS) is 18.3. The van der Waals surface area contributed by atoms with Crippen LogP contribution in [0.25, 0.3) is 5.65 Å². The standard InChI is InChI=1S/C16H16F3N7/c17-16(18,19)12-8-13(23-10-22-12)24-11-2-1-5-26(9-11)15-14-20-3-6-25(14)7-4-21-15/h3-4,6-8,10-11H,1-2,5,9H2,(H,22,23,24). The summed E-state index contributed by atoms with van der Waals surface area (Å²) in [5.74, 6) is 0.939. The predicted octanol–water partition coefficient (Wildman–Crippen LogP) is 2.62. The van der Waals surface area contributed by atoms with Crippen molar-refractivity contribution in [1.82, 2.24) is 24.3 Å². The zero-order valence-corrected chi connectivity index (χ0v) is 13.7. The zero-order valence-electron chi connectivity index (χ0n) is 13.7. The highest BCUT2D eigenvalue weighted by Crippen LogP contribution is 2.29. The second kappa shape index (κ2) is 6.43. The van der Waals surface area contributed by atoms with Crippen molar-refractivity contribution >= 4 is 17.3 Å². The van der Waals surface area contributed by atoms with E-state index in [0.717, 1.165) is 43.2 Å². The topological polar surface area (TPSA) is 71.2 Å². The molecule has 1 atom stereocenters. The van der Waals surface area contributed by atoms with Gasteiger partial charge in [-0.2, -0.15) is 13.2 Å². The van der Waals surface area contributed by atoms with Crippen LogP contribution in [0.3, 0.4) is 0 Å². The highest BCUT2D eigenvalue weighted by atomic mass is 19.4. The molecule has 0 radical (unpaired) electrons. The molecule has 0 bridgehead atoms. The molecule has 3 aromatic rings. The number of anilines is 2. The summed E-state index contributed by atoms with van der Waals surface area (Å²) in [6, 6.07) is 0.892. The minimum Gasteiger partial charge on any atom is -0.365 e. The number of hydrogen-bond acceptors (Lipinski definition) is 6. The third kappa shape index (κ3) is 3.26. The number of piperidine rings is 1. The van der Waals surface area contributed by atoms with Gasteiger partial charge in [0, 0.05) is 50.0 Å². The van der Waals surface area contributed by atoms with Gasteiger partial charge in [0.05, 0.1) is 0 Å². The Balaban J connectivity index is 1.52. The molecule has 0 aliphatic carbocycles. The smallest absolute Gasteiger partial charge is 0.365 e. The third-order valence-electron chi connectivity index (χ3n) is 4.32. The minimum atomic E-state index is -4.49. The van der Waals surface area contributed by atoms with E-state index in [0.29, 0.717) is 6.54 Å². The van der Waals surface area contributed by atoms with Crippen molar-refractivity contribution < 1.29 is 13.2 Å². The number of nitrogens with zero attached hydrogens (tertiary/aromatic N) is 6. The molecule has 0 amide bonds. The second-order valence-corrected chi connectivity index (χ2v) is 6.12. The Hall–Kier alpha value is -2.91. The van der Waals surface area contributed by atoms with Gasteiger partial charge in [-0.1, -0.05) is 0 Å². The number of halogens is 3. The quantitative estimate of drug-likeness (QED) is 0.771. The molecular weight excluding hydrogens is 347 g/mol. The second-order valence-electron chi connectivity index (χ2n) is 6.12. The summed E-state index contributed by atoms with van der Waals surface area (Å²) in [4.78, 5) is 18.1. The van der Waals surface area contributed by atoms with Gasteiger partial charge in [-0.15, -0.1) is 0 Å². The lowest BCUT2D eigenvalue weighted by molar-refractivity contribution is -0.141. The van der Waals surface area contributed by atoms with Crippen LogP contribution in [0.5, 0.6) is 0 Å². The molecule has 1 aliphatic rings. The average Bonchev–Trinajstić information content (AvgIpc) is 3.10. The van der Waals surface area contributed by atoms with Crippen LogP contribution >= 0.6 is 0 Å². The predicted molar refractivity (Wildman–Crippen MR) is 88.9 cm³/mol. The summed E-state index contributed by atoms with van der Waals surface area (Å²) >= 11 is 0. The van der Waals surface area contributed by atoms with E-state index in [-0.39, 0.29) is 11.9 Å². The fraction of sp³-hybridized carbons (Fsp3) is 0.375. The maximum atomic E-state index is 12.8. The summed E-state index contributed by atoms with van der Waals surface area (Å²) in [7, 11) is 0. The number of rotatable bonds is 3. The molecule has 1 N–H and O–H groups in total. The first-order valence-corrected chi connectivity index (χ1v) is 8.19. The maximum Gasteiger partial charge on any atom is 0.433 e. The van der Waals surface area contributed by atoms with Gasteiger partial charge < -0.3 is 14.6 Å². The number of nitrogens with one attached hydrogen (secondary N) is 1. The maximum absolute atomic E-state index is 12.8. The molecule has 136 valence electrons. The van der Waals surface area contributed by atoms with Crippen molar-refractivity contribution in [2.24, 2.45) is 0 Å². The number of hydrogen-bond donors (Lipinski definition) is 1. The molecule has 1 unspecified atom stereocenters. The first-order valence-electron chi connectivity index (χ1n) is 8.19. The molecule has 1 fully saturated rings. The molecule has 4 rings (SSSR count). The number of imidazole rings is 1. The summed E-state index contributed by atoms with van der Waals surface area (Å²) in [5, 5.41) is 3.09. The van der Waals surface area contributed by atoms with Crippen molar-refractivity contribution in [3.63, 3.8) is 0 Å². The van der Waals surface area contributed by atoms with Crippen LogP contribution in [0.1, 0.15) is 18.5 Å². The van der Waals surface area contributed by atoms with Crippen LogP contribution in [-0.4, -0.2) is 43.5 Å². The third-order valence-corrected chi connectivity index (χ3v) is 4.32. The van der Waals surface area contributed by atoms with Gasteiger partial charge in [0.25, 0.3) is 0 Å². The monoisotopic (exact) mass is 363 g/mol. The highest BCUT2D eigenvalue weighted by Gasteiger charge is 2.33. The lowest BCUT2D eigenvalue weighted by Gasteiger charge is -2.34. The van der Waals surface area contributed by atoms with Crippen molar-refractivity contribution in [2.75, 3.05) is 23.3 Å². The van der Waals surface area contributed by atoms with E-state index < -0.39 is 11.9 Å². The summed E-state index contributed by atoms with van der Waals surface area (Å²) in [6.07, 6.45) is 5.25. The van der Waals surface area contributed by atoms with Gasteiger partial charge in [0.15, 0.2) is 11.5 Å². The van der Waals surface area contributed by atoms with E-state index in [9.17, 15) is 13.2 Å². The summed E-state index contributed by atoms with van der Waals surface area (Å²) < 4.78 is 40.3. The fourth-order valence-corrected chi connectivity index (χ4v) is 3.15. The zero-order chi connectivity index (χ0) is 18.1. The molecule has 7 nitrogen and oxygen atoms in total. The van der Waals surface area contributed by atoms with E-state index >= 15 is 0 Å². The van der Waals surface area contributed by atoms with Crippen LogP contribution in [0.4, 0.5) is 24.8 Å². The first kappa shape index (κ1) is 16.6. The fourth-order valence-electron chi connectivity index (χ4n) is 3.15. The van der Waals surface area contributed by atoms with Crippen molar-refractivity contribution in [3.8, 4) is 0 Å². The SMILES string of the molecule is FC(F)(F)c1cc(NC2CCCN(c3nccn4ccnc34)C2)ncn1. The first-order chi connectivity index (χ1) is 12.5. The summed E-state index contributed by atoms with van der Waals surface area (Å²) in [5.41, 5.74) is -0.193. The molecule has 1 saturated heterocycles. The number of fused-ring (bicyclic) bond motifs is 1. The Kier molecular flexibility index (Phi) is 4.09. The average molecular weight is 363 g/mol. The molecule has 0 spiro atoms. The van der Waals surface area contributed by atoms with Gasteiger partial charge in [-0.3, -0.25) is 0 Å².